The van der Waals surface area contributed by atoms with Crippen LogP contribution in [0.1, 0.15) is 11.1 Å². The monoisotopic (exact) mass is 333 g/mol. The maximum absolute atomic E-state index is 12.0. The topological polar surface area (TPSA) is 84.3 Å². The lowest BCUT2D eigenvalue weighted by Crippen LogP contribution is -2.22. The molecular formula is C16H16ClN3O3. The number of halogens is 1. The van der Waals surface area contributed by atoms with E-state index in [9.17, 15) is 14.9 Å². The van der Waals surface area contributed by atoms with E-state index in [0.29, 0.717) is 16.3 Å². The normalized spacial score (nSPS) is 10.2. The largest absolute Gasteiger partial charge is 0.376 e. The van der Waals surface area contributed by atoms with Crippen LogP contribution in [-0.2, 0) is 4.79 Å². The van der Waals surface area contributed by atoms with E-state index < -0.39 is 4.92 Å². The zero-order valence-corrected chi connectivity index (χ0v) is 13.5. The van der Waals surface area contributed by atoms with Crippen LogP contribution in [0.25, 0.3) is 0 Å². The second kappa shape index (κ2) is 7.11. The summed E-state index contributed by atoms with van der Waals surface area (Å²) in [5.41, 5.74) is 2.50. The Morgan fingerprint density at radius 2 is 2.00 bits per heavy atom. The molecule has 0 fully saturated rings. The highest BCUT2D eigenvalue weighted by Gasteiger charge is 2.14. The molecule has 0 heterocycles. The molecule has 0 unspecified atom stereocenters. The number of aryl methyl sites for hydroxylation is 1. The minimum atomic E-state index is -0.475. The number of hydrogen-bond acceptors (Lipinski definition) is 4. The van der Waals surface area contributed by atoms with Gasteiger partial charge in [-0.2, -0.15) is 0 Å². The van der Waals surface area contributed by atoms with Gasteiger partial charge in [-0.1, -0.05) is 23.7 Å². The lowest BCUT2D eigenvalue weighted by atomic mass is 10.1. The number of benzene rings is 2. The predicted molar refractivity (Wildman–Crippen MR) is 91.1 cm³/mol. The molecule has 0 aliphatic rings. The lowest BCUT2D eigenvalue weighted by Gasteiger charge is -2.10. The second-order valence-electron chi connectivity index (χ2n) is 5.07. The molecule has 2 rings (SSSR count). The summed E-state index contributed by atoms with van der Waals surface area (Å²) in [6.07, 6.45) is 0. The standard InChI is InChI=1S/C16H16ClN3O3/c1-10-6-7-12(8-13(10)17)18-9-16(21)19-14-4-3-5-15(11(14)2)20(22)23/h3-8,18H,9H2,1-2H3,(H,19,21). The highest BCUT2D eigenvalue weighted by molar-refractivity contribution is 6.31. The molecule has 0 aliphatic heterocycles. The van der Waals surface area contributed by atoms with Gasteiger partial charge in [-0.25, -0.2) is 0 Å². The number of carbonyl (C=O) groups excluding carboxylic acids is 1. The first-order valence-electron chi connectivity index (χ1n) is 6.92. The van der Waals surface area contributed by atoms with E-state index in [4.69, 9.17) is 11.6 Å². The summed E-state index contributed by atoms with van der Waals surface area (Å²) in [7, 11) is 0. The fourth-order valence-electron chi connectivity index (χ4n) is 2.04. The van der Waals surface area contributed by atoms with E-state index >= 15 is 0 Å². The molecule has 0 saturated heterocycles. The molecule has 0 spiro atoms. The molecular weight excluding hydrogens is 318 g/mol. The van der Waals surface area contributed by atoms with Gasteiger partial charge in [-0.15, -0.1) is 0 Å². The van der Waals surface area contributed by atoms with Crippen LogP contribution >= 0.6 is 11.6 Å². The Morgan fingerprint density at radius 1 is 1.26 bits per heavy atom. The van der Waals surface area contributed by atoms with Crippen LogP contribution < -0.4 is 10.6 Å². The average Bonchev–Trinajstić information content (AvgIpc) is 2.50. The number of rotatable bonds is 5. The average molecular weight is 334 g/mol. The molecule has 0 aromatic heterocycles. The molecule has 0 bridgehead atoms. The van der Waals surface area contributed by atoms with E-state index in [2.05, 4.69) is 10.6 Å². The van der Waals surface area contributed by atoms with Crippen LogP contribution in [0, 0.1) is 24.0 Å². The molecule has 0 radical (unpaired) electrons. The fraction of sp³-hybridized carbons (Fsp3) is 0.188. The first kappa shape index (κ1) is 16.8. The number of nitro benzene ring substituents is 1. The molecule has 1 amide bonds. The zero-order chi connectivity index (χ0) is 17.0. The van der Waals surface area contributed by atoms with Gasteiger partial charge in [0, 0.05) is 16.8 Å². The molecule has 0 saturated carbocycles. The number of amides is 1. The SMILES string of the molecule is Cc1ccc(NCC(=O)Nc2cccc([N+](=O)[O-])c2C)cc1Cl. The molecule has 7 heteroatoms. The van der Waals surface area contributed by atoms with Gasteiger partial charge >= 0.3 is 0 Å². The van der Waals surface area contributed by atoms with Crippen LogP contribution in [0.5, 0.6) is 0 Å². The molecule has 2 aromatic rings. The Hall–Kier alpha value is -2.60. The van der Waals surface area contributed by atoms with Crippen molar-refractivity contribution in [2.24, 2.45) is 0 Å². The maximum atomic E-state index is 12.0. The van der Waals surface area contributed by atoms with E-state index in [1.807, 2.05) is 19.1 Å². The van der Waals surface area contributed by atoms with Crippen molar-refractivity contribution in [1.82, 2.24) is 0 Å². The Bertz CT molecular complexity index is 762. The summed E-state index contributed by atoms with van der Waals surface area (Å²) in [4.78, 5) is 22.4. The molecule has 0 atom stereocenters. The number of anilines is 2. The lowest BCUT2D eigenvalue weighted by molar-refractivity contribution is -0.385. The Labute approximate surface area is 138 Å². The highest BCUT2D eigenvalue weighted by atomic mass is 35.5. The van der Waals surface area contributed by atoms with Crippen LogP contribution in [0.15, 0.2) is 36.4 Å². The van der Waals surface area contributed by atoms with Gasteiger partial charge in [0.05, 0.1) is 22.7 Å². The quantitative estimate of drug-likeness (QED) is 0.641. The summed E-state index contributed by atoms with van der Waals surface area (Å²) in [6.45, 7) is 3.52. The third-order valence-corrected chi connectivity index (χ3v) is 3.81. The maximum Gasteiger partial charge on any atom is 0.274 e. The van der Waals surface area contributed by atoms with Gasteiger partial charge in [0.2, 0.25) is 5.91 Å². The summed E-state index contributed by atoms with van der Waals surface area (Å²) >= 11 is 6.02. The smallest absolute Gasteiger partial charge is 0.274 e. The van der Waals surface area contributed by atoms with Gasteiger partial charge in [-0.3, -0.25) is 14.9 Å². The van der Waals surface area contributed by atoms with Crippen molar-refractivity contribution in [3.63, 3.8) is 0 Å². The first-order chi connectivity index (χ1) is 10.9. The van der Waals surface area contributed by atoms with Crippen molar-refractivity contribution in [2.75, 3.05) is 17.2 Å². The summed E-state index contributed by atoms with van der Waals surface area (Å²) in [6, 6.07) is 9.98. The van der Waals surface area contributed by atoms with Gasteiger partial charge < -0.3 is 10.6 Å². The van der Waals surface area contributed by atoms with Crippen LogP contribution in [-0.4, -0.2) is 17.4 Å². The van der Waals surface area contributed by atoms with Crippen molar-refractivity contribution < 1.29 is 9.72 Å². The van der Waals surface area contributed by atoms with Crippen LogP contribution in [0.4, 0.5) is 17.1 Å². The van der Waals surface area contributed by atoms with E-state index in [0.717, 1.165) is 11.3 Å². The van der Waals surface area contributed by atoms with Crippen molar-refractivity contribution in [3.05, 3.63) is 62.7 Å². The molecule has 0 aliphatic carbocycles. The fourth-order valence-corrected chi connectivity index (χ4v) is 2.22. The van der Waals surface area contributed by atoms with E-state index in [1.165, 1.54) is 12.1 Å². The van der Waals surface area contributed by atoms with Crippen LogP contribution in [0.3, 0.4) is 0 Å². The number of nitro groups is 1. The summed E-state index contributed by atoms with van der Waals surface area (Å²) in [5.74, 6) is -0.301. The minimum Gasteiger partial charge on any atom is -0.376 e. The second-order valence-corrected chi connectivity index (χ2v) is 5.48. The molecule has 120 valence electrons. The van der Waals surface area contributed by atoms with Crippen LogP contribution in [0.2, 0.25) is 5.02 Å². The van der Waals surface area contributed by atoms with Gasteiger partial charge in [0.25, 0.3) is 5.69 Å². The first-order valence-corrected chi connectivity index (χ1v) is 7.30. The number of nitrogens with zero attached hydrogens (tertiary/aromatic N) is 1. The number of carbonyl (C=O) groups is 1. The van der Waals surface area contributed by atoms with Gasteiger partial charge in [-0.05, 0) is 37.6 Å². The molecule has 23 heavy (non-hydrogen) atoms. The predicted octanol–water partition coefficient (Wildman–Crippen LogP) is 3.92. The third-order valence-electron chi connectivity index (χ3n) is 3.40. The van der Waals surface area contributed by atoms with Gasteiger partial charge in [0.15, 0.2) is 0 Å². The van der Waals surface area contributed by atoms with Crippen molar-refractivity contribution in [3.8, 4) is 0 Å². The minimum absolute atomic E-state index is 0.0268. The number of nitrogens with one attached hydrogen (secondary N) is 2. The Balaban J connectivity index is 2.01. The van der Waals surface area contributed by atoms with Crippen molar-refractivity contribution >= 4 is 34.6 Å². The van der Waals surface area contributed by atoms with E-state index in [1.54, 1.807) is 19.1 Å². The summed E-state index contributed by atoms with van der Waals surface area (Å²) < 4.78 is 0. The Kier molecular flexibility index (Phi) is 5.18. The molecule has 2 N–H and O–H groups in total. The molecule has 6 nitrogen and oxygen atoms in total. The third kappa shape index (κ3) is 4.20. The molecule has 2 aromatic carbocycles. The van der Waals surface area contributed by atoms with Gasteiger partial charge in [0.1, 0.15) is 0 Å². The zero-order valence-electron chi connectivity index (χ0n) is 12.7. The Morgan fingerprint density at radius 3 is 2.65 bits per heavy atom. The van der Waals surface area contributed by atoms with Crippen molar-refractivity contribution in [1.29, 1.82) is 0 Å². The van der Waals surface area contributed by atoms with Crippen molar-refractivity contribution in [2.45, 2.75) is 13.8 Å². The summed E-state index contributed by atoms with van der Waals surface area (Å²) in [5, 5.41) is 17.1. The van der Waals surface area contributed by atoms with E-state index in [-0.39, 0.29) is 18.1 Å². The number of hydrogen-bond donors (Lipinski definition) is 2. The highest BCUT2D eigenvalue weighted by Crippen LogP contribution is 2.25.